The molecule has 0 amide bonds. The van der Waals surface area contributed by atoms with Crippen molar-refractivity contribution < 1.29 is 22.3 Å². The van der Waals surface area contributed by atoms with E-state index >= 15 is 0 Å². The maximum atomic E-state index is 13.4. The number of nitrogens with zero attached hydrogens (tertiary/aromatic N) is 3. The summed E-state index contributed by atoms with van der Waals surface area (Å²) in [5.41, 5.74) is 2.86. The third-order valence-corrected chi connectivity index (χ3v) is 7.64. The fourth-order valence-electron chi connectivity index (χ4n) is 4.16. The maximum Gasteiger partial charge on any atom is 0.339 e. The average molecular weight is 444 g/mol. The van der Waals surface area contributed by atoms with Gasteiger partial charge in [-0.05, 0) is 49.9 Å². The molecule has 3 aromatic rings. The number of esters is 1. The lowest BCUT2D eigenvalue weighted by atomic mass is 10.1. The fraction of sp³-hybridized carbons (Fsp3) is 0.409. The number of pyridine rings is 1. The summed E-state index contributed by atoms with van der Waals surface area (Å²) >= 11 is 0. The SMILES string of the molecule is Cc1nn(C2CCS(=O)(=O)C2)c2nc(C3CC3)cc(C(=O)OCc3cccc(F)c3)c12. The molecule has 162 valence electrons. The molecular formula is C22H22FN3O4S. The van der Waals surface area contributed by atoms with Gasteiger partial charge in [0.2, 0.25) is 0 Å². The molecule has 1 aromatic carbocycles. The number of ether oxygens (including phenoxy) is 1. The van der Waals surface area contributed by atoms with Crippen molar-refractivity contribution in [2.24, 2.45) is 0 Å². The summed E-state index contributed by atoms with van der Waals surface area (Å²) < 4.78 is 44.6. The van der Waals surface area contributed by atoms with E-state index in [2.05, 4.69) is 5.10 Å². The first kappa shape index (κ1) is 20.1. The van der Waals surface area contributed by atoms with E-state index in [1.807, 2.05) is 0 Å². The van der Waals surface area contributed by atoms with Crippen LogP contribution >= 0.6 is 0 Å². The third-order valence-electron chi connectivity index (χ3n) is 5.89. The van der Waals surface area contributed by atoms with E-state index in [1.54, 1.807) is 29.8 Å². The van der Waals surface area contributed by atoms with Crippen LogP contribution in [-0.2, 0) is 21.2 Å². The number of aromatic nitrogens is 3. The zero-order chi connectivity index (χ0) is 21.8. The first-order valence-corrected chi connectivity index (χ1v) is 12.1. The van der Waals surface area contributed by atoms with Crippen molar-refractivity contribution in [2.75, 3.05) is 11.5 Å². The number of halogens is 1. The maximum absolute atomic E-state index is 13.4. The average Bonchev–Trinajstić information content (AvgIpc) is 3.45. The molecule has 1 saturated carbocycles. The number of fused-ring (bicyclic) bond motifs is 1. The minimum absolute atomic E-state index is 0.0257. The van der Waals surface area contributed by atoms with E-state index in [-0.39, 0.29) is 35.9 Å². The Balaban J connectivity index is 1.53. The lowest BCUT2D eigenvalue weighted by Crippen LogP contribution is -2.14. The first-order chi connectivity index (χ1) is 14.8. The third kappa shape index (κ3) is 3.94. The van der Waals surface area contributed by atoms with E-state index in [9.17, 15) is 17.6 Å². The fourth-order valence-corrected chi connectivity index (χ4v) is 5.85. The van der Waals surface area contributed by atoms with Gasteiger partial charge in [-0.2, -0.15) is 5.10 Å². The lowest BCUT2D eigenvalue weighted by molar-refractivity contribution is 0.0474. The molecule has 31 heavy (non-hydrogen) atoms. The molecule has 1 aliphatic heterocycles. The van der Waals surface area contributed by atoms with Crippen LogP contribution in [0.1, 0.15) is 58.5 Å². The molecule has 2 fully saturated rings. The van der Waals surface area contributed by atoms with Crippen LogP contribution < -0.4 is 0 Å². The van der Waals surface area contributed by atoms with Crippen LogP contribution in [0.4, 0.5) is 4.39 Å². The molecule has 7 nitrogen and oxygen atoms in total. The standard InChI is InChI=1S/C22H22FN3O4S/c1-13-20-18(22(27)30-11-14-3-2-4-16(23)9-14)10-19(15-5-6-15)24-21(20)26(25-13)17-7-8-31(28,29)12-17/h2-4,9-10,15,17H,5-8,11-12H2,1H3. The van der Waals surface area contributed by atoms with Crippen LogP contribution in [-0.4, -0.2) is 40.7 Å². The molecule has 5 rings (SSSR count). The highest BCUT2D eigenvalue weighted by molar-refractivity contribution is 7.91. The zero-order valence-corrected chi connectivity index (χ0v) is 17.9. The Kier molecular flexibility index (Phi) is 4.80. The highest BCUT2D eigenvalue weighted by Crippen LogP contribution is 2.41. The van der Waals surface area contributed by atoms with Gasteiger partial charge >= 0.3 is 5.97 Å². The molecule has 0 N–H and O–H groups in total. The first-order valence-electron chi connectivity index (χ1n) is 10.3. The van der Waals surface area contributed by atoms with Gasteiger partial charge in [-0.15, -0.1) is 0 Å². The second-order valence-corrected chi connectivity index (χ2v) is 10.6. The quantitative estimate of drug-likeness (QED) is 0.561. The molecule has 0 spiro atoms. The zero-order valence-electron chi connectivity index (χ0n) is 17.0. The number of hydrogen-bond acceptors (Lipinski definition) is 6. The number of rotatable bonds is 5. The largest absolute Gasteiger partial charge is 0.457 e. The van der Waals surface area contributed by atoms with Crippen molar-refractivity contribution in [1.82, 2.24) is 14.8 Å². The molecule has 2 aliphatic rings. The van der Waals surface area contributed by atoms with E-state index in [0.717, 1.165) is 18.5 Å². The smallest absolute Gasteiger partial charge is 0.339 e. The summed E-state index contributed by atoms with van der Waals surface area (Å²) in [4.78, 5) is 17.8. The van der Waals surface area contributed by atoms with Crippen LogP contribution in [0.2, 0.25) is 0 Å². The molecule has 1 unspecified atom stereocenters. The highest BCUT2D eigenvalue weighted by Gasteiger charge is 2.34. The monoisotopic (exact) mass is 443 g/mol. The van der Waals surface area contributed by atoms with Gasteiger partial charge in [0, 0.05) is 11.6 Å². The number of carbonyl (C=O) groups is 1. The highest BCUT2D eigenvalue weighted by atomic mass is 32.2. The van der Waals surface area contributed by atoms with Crippen LogP contribution in [0.3, 0.4) is 0 Å². The molecule has 1 saturated heterocycles. The number of aryl methyl sites for hydroxylation is 1. The second-order valence-electron chi connectivity index (χ2n) is 8.36. The Hall–Kier alpha value is -2.81. The second kappa shape index (κ2) is 7.40. The predicted molar refractivity (Wildman–Crippen MR) is 112 cm³/mol. The summed E-state index contributed by atoms with van der Waals surface area (Å²) in [5, 5.41) is 5.14. The topological polar surface area (TPSA) is 91.1 Å². The van der Waals surface area contributed by atoms with Crippen molar-refractivity contribution in [1.29, 1.82) is 0 Å². The van der Waals surface area contributed by atoms with E-state index in [1.165, 1.54) is 12.1 Å². The minimum Gasteiger partial charge on any atom is -0.457 e. The number of hydrogen-bond donors (Lipinski definition) is 0. The Morgan fingerprint density at radius 1 is 1.26 bits per heavy atom. The lowest BCUT2D eigenvalue weighted by Gasteiger charge is -2.12. The summed E-state index contributed by atoms with van der Waals surface area (Å²) in [5.74, 6) is -0.476. The Labute approximate surface area is 179 Å². The molecule has 0 bridgehead atoms. The van der Waals surface area contributed by atoms with Gasteiger partial charge < -0.3 is 4.74 Å². The molecule has 3 heterocycles. The Bertz CT molecular complexity index is 1300. The van der Waals surface area contributed by atoms with Gasteiger partial charge in [0.25, 0.3) is 0 Å². The van der Waals surface area contributed by atoms with Gasteiger partial charge in [-0.3, -0.25) is 0 Å². The van der Waals surface area contributed by atoms with E-state index in [4.69, 9.17) is 9.72 Å². The van der Waals surface area contributed by atoms with E-state index < -0.39 is 15.8 Å². The van der Waals surface area contributed by atoms with Crippen LogP contribution in [0, 0.1) is 12.7 Å². The molecule has 0 radical (unpaired) electrons. The van der Waals surface area contributed by atoms with Crippen molar-refractivity contribution in [3.8, 4) is 0 Å². The van der Waals surface area contributed by atoms with Gasteiger partial charge in [0.15, 0.2) is 15.5 Å². The van der Waals surface area contributed by atoms with Crippen molar-refractivity contribution in [2.45, 2.75) is 44.8 Å². The molecular weight excluding hydrogens is 421 g/mol. The summed E-state index contributed by atoms with van der Waals surface area (Å²) in [6, 6.07) is 7.39. The Morgan fingerprint density at radius 2 is 2.06 bits per heavy atom. The van der Waals surface area contributed by atoms with E-state index in [0.29, 0.717) is 34.3 Å². The predicted octanol–water partition coefficient (Wildman–Crippen LogP) is 3.47. The summed E-state index contributed by atoms with van der Waals surface area (Å²) in [6.07, 6.45) is 2.48. The summed E-state index contributed by atoms with van der Waals surface area (Å²) in [7, 11) is -3.10. The molecule has 2 aromatic heterocycles. The number of carbonyl (C=O) groups excluding carboxylic acids is 1. The van der Waals surface area contributed by atoms with Crippen LogP contribution in [0.5, 0.6) is 0 Å². The number of benzene rings is 1. The van der Waals surface area contributed by atoms with Crippen LogP contribution in [0.15, 0.2) is 30.3 Å². The van der Waals surface area contributed by atoms with Crippen LogP contribution in [0.25, 0.3) is 11.0 Å². The molecule has 9 heteroatoms. The minimum atomic E-state index is -3.10. The van der Waals surface area contributed by atoms with Gasteiger partial charge in [-0.25, -0.2) is 27.3 Å². The summed E-state index contributed by atoms with van der Waals surface area (Å²) in [6.45, 7) is 1.73. The van der Waals surface area contributed by atoms with Crippen molar-refractivity contribution in [3.05, 3.63) is 58.7 Å². The van der Waals surface area contributed by atoms with Crippen molar-refractivity contribution >= 4 is 26.8 Å². The molecule has 1 atom stereocenters. The van der Waals surface area contributed by atoms with Gasteiger partial charge in [0.1, 0.15) is 12.4 Å². The van der Waals surface area contributed by atoms with Gasteiger partial charge in [-0.1, -0.05) is 12.1 Å². The Morgan fingerprint density at radius 3 is 2.74 bits per heavy atom. The van der Waals surface area contributed by atoms with Crippen molar-refractivity contribution in [3.63, 3.8) is 0 Å². The van der Waals surface area contributed by atoms with Gasteiger partial charge in [0.05, 0.1) is 34.2 Å². The molecule has 1 aliphatic carbocycles. The number of sulfone groups is 1. The normalized spacial score (nSPS) is 20.3.